The third kappa shape index (κ3) is 9.29. The molecule has 0 radical (unpaired) electrons. The Kier molecular flexibility index (Phi) is 13.3. The molecule has 0 bridgehead atoms. The van der Waals surface area contributed by atoms with Gasteiger partial charge in [-0.25, -0.2) is 0 Å². The molecule has 0 spiro atoms. The number of amides is 2. The summed E-state index contributed by atoms with van der Waals surface area (Å²) in [7, 11) is 1.41. The molecule has 61 heavy (non-hydrogen) atoms. The zero-order valence-corrected chi connectivity index (χ0v) is 33.8. The molecule has 4 aromatic rings. The molecule has 0 aromatic heterocycles. The fourth-order valence-corrected chi connectivity index (χ4v) is 8.19. The maximum Gasteiger partial charge on any atom is 0.303 e. The van der Waals surface area contributed by atoms with Gasteiger partial charge in [-0.1, -0.05) is 103 Å². The van der Waals surface area contributed by atoms with Crippen molar-refractivity contribution in [3.63, 3.8) is 0 Å². The maximum atomic E-state index is 14.2. The summed E-state index contributed by atoms with van der Waals surface area (Å²) in [5.74, 6) is -2.53. The zero-order chi connectivity index (χ0) is 42.5. The van der Waals surface area contributed by atoms with E-state index < -0.39 is 91.4 Å². The molecule has 15 nitrogen and oxygen atoms in total. The van der Waals surface area contributed by atoms with Crippen molar-refractivity contribution in [2.75, 3.05) is 20.3 Å². The van der Waals surface area contributed by atoms with Gasteiger partial charge in [-0.05, 0) is 23.3 Å². The quantitative estimate of drug-likeness (QED) is 0.124. The SMILES string of the molecule is CO[C@@H]1O[C@H](COCc2ccccc2)[C@@H](O[C@@H]2O[C@@H]3CO[C@H](c4ccccc4)O[C@@H]3[C@H](OC(C)=O)[C@H]2OC(C)=O)[C@H](OCc2ccccc2)[C@H]1N1C(=O)c2ccccc2C1=O. The second-order valence-electron chi connectivity index (χ2n) is 15.0. The Balaban J connectivity index is 1.18. The molecule has 3 fully saturated rings. The first-order valence-electron chi connectivity index (χ1n) is 20.1. The van der Waals surface area contributed by atoms with Crippen LogP contribution in [0.1, 0.15) is 57.5 Å². The number of hydrogen-bond acceptors (Lipinski definition) is 14. The topological polar surface area (TPSA) is 164 Å². The van der Waals surface area contributed by atoms with E-state index in [-0.39, 0.29) is 37.6 Å². The third-order valence-electron chi connectivity index (χ3n) is 10.9. The first kappa shape index (κ1) is 42.3. The predicted molar refractivity (Wildman–Crippen MR) is 212 cm³/mol. The lowest BCUT2D eigenvalue weighted by Gasteiger charge is -2.51. The van der Waals surface area contributed by atoms with Crippen molar-refractivity contribution in [3.05, 3.63) is 143 Å². The van der Waals surface area contributed by atoms with Gasteiger partial charge in [-0.3, -0.25) is 24.1 Å². The molecule has 4 aliphatic rings. The van der Waals surface area contributed by atoms with Crippen LogP contribution >= 0.6 is 0 Å². The molecule has 8 rings (SSSR count). The monoisotopic (exact) mass is 837 g/mol. The van der Waals surface area contributed by atoms with Crippen molar-refractivity contribution in [1.29, 1.82) is 0 Å². The van der Waals surface area contributed by atoms with Crippen LogP contribution in [0.3, 0.4) is 0 Å². The average molecular weight is 838 g/mol. The van der Waals surface area contributed by atoms with E-state index in [1.165, 1.54) is 21.0 Å². The van der Waals surface area contributed by atoms with Crippen LogP contribution < -0.4 is 0 Å². The Labute approximate surface area is 352 Å². The average Bonchev–Trinajstić information content (AvgIpc) is 3.53. The minimum Gasteiger partial charge on any atom is -0.455 e. The summed E-state index contributed by atoms with van der Waals surface area (Å²) < 4.78 is 63.3. The van der Waals surface area contributed by atoms with E-state index in [4.69, 9.17) is 47.4 Å². The highest BCUT2D eigenvalue weighted by molar-refractivity contribution is 6.21. The summed E-state index contributed by atoms with van der Waals surface area (Å²) in [6.07, 6.45) is -11.4. The molecule has 11 atom stereocenters. The lowest BCUT2D eigenvalue weighted by molar-refractivity contribution is -0.384. The number of carbonyl (C=O) groups excluding carboxylic acids is 4. The summed E-state index contributed by atoms with van der Waals surface area (Å²) in [6, 6.07) is 33.4. The van der Waals surface area contributed by atoms with Crippen LogP contribution in [0.2, 0.25) is 0 Å². The lowest BCUT2D eigenvalue weighted by Crippen LogP contribution is -2.69. The molecule has 4 heterocycles. The van der Waals surface area contributed by atoms with Crippen LogP contribution in [0.4, 0.5) is 0 Å². The van der Waals surface area contributed by atoms with E-state index >= 15 is 0 Å². The molecule has 320 valence electrons. The summed E-state index contributed by atoms with van der Waals surface area (Å²) in [6.45, 7) is 2.56. The second-order valence-corrected chi connectivity index (χ2v) is 15.0. The number of hydrogen-bond donors (Lipinski definition) is 0. The predicted octanol–water partition coefficient (Wildman–Crippen LogP) is 4.91. The highest BCUT2D eigenvalue weighted by Gasteiger charge is 2.59. The van der Waals surface area contributed by atoms with Gasteiger partial charge >= 0.3 is 11.9 Å². The molecule has 0 N–H and O–H groups in total. The van der Waals surface area contributed by atoms with E-state index in [2.05, 4.69) is 0 Å². The Morgan fingerprint density at radius 1 is 0.656 bits per heavy atom. The van der Waals surface area contributed by atoms with Gasteiger partial charge in [-0.2, -0.15) is 0 Å². The molecule has 2 amide bonds. The van der Waals surface area contributed by atoms with Gasteiger partial charge in [0.2, 0.25) is 0 Å². The molecule has 0 aliphatic carbocycles. The van der Waals surface area contributed by atoms with Crippen molar-refractivity contribution in [3.8, 4) is 0 Å². The standard InChI is InChI=1S/C46H47NO14/c1-27(48)56-40-38-35(26-55-44(60-38)31-19-11-6-12-20-31)59-46(41(40)57-28(2)49)61-37-34(25-53-23-29-15-7-4-8-16-29)58-45(52-3)36(39(37)54-24-30-17-9-5-10-18-30)47-42(50)32-21-13-14-22-33(32)43(47)51/h4-22,34-41,44-46H,23-26H2,1-3H3/t34-,35-,36-,37-,38+,39-,40+,41-,44+,45-,46+/m1/s1. The van der Waals surface area contributed by atoms with Gasteiger partial charge in [0.15, 0.2) is 31.1 Å². The number of imide groups is 1. The number of ether oxygens (including phenoxy) is 10. The summed E-state index contributed by atoms with van der Waals surface area (Å²) in [4.78, 5) is 55.2. The Hall–Kier alpha value is -5.36. The number of methoxy groups -OCH3 is 1. The smallest absolute Gasteiger partial charge is 0.303 e. The van der Waals surface area contributed by atoms with Crippen molar-refractivity contribution in [2.45, 2.75) is 94.7 Å². The third-order valence-corrected chi connectivity index (χ3v) is 10.9. The van der Waals surface area contributed by atoms with Crippen LogP contribution in [0.5, 0.6) is 0 Å². The fraction of sp³-hybridized carbons (Fsp3) is 0.391. The van der Waals surface area contributed by atoms with Crippen molar-refractivity contribution >= 4 is 23.8 Å². The zero-order valence-electron chi connectivity index (χ0n) is 33.8. The van der Waals surface area contributed by atoms with Crippen LogP contribution in [0, 0.1) is 0 Å². The van der Waals surface area contributed by atoms with Crippen LogP contribution in [0.25, 0.3) is 0 Å². The maximum absolute atomic E-state index is 14.2. The largest absolute Gasteiger partial charge is 0.455 e. The van der Waals surface area contributed by atoms with Crippen LogP contribution in [-0.2, 0) is 70.2 Å². The molecular weight excluding hydrogens is 790 g/mol. The van der Waals surface area contributed by atoms with Gasteiger partial charge < -0.3 is 47.4 Å². The normalized spacial score (nSPS) is 29.7. The minimum atomic E-state index is -1.47. The van der Waals surface area contributed by atoms with Gasteiger partial charge in [-0.15, -0.1) is 0 Å². The van der Waals surface area contributed by atoms with Crippen molar-refractivity contribution in [2.24, 2.45) is 0 Å². The fourth-order valence-electron chi connectivity index (χ4n) is 8.19. The van der Waals surface area contributed by atoms with Crippen molar-refractivity contribution in [1.82, 2.24) is 4.90 Å². The lowest BCUT2D eigenvalue weighted by atomic mass is 9.93. The van der Waals surface area contributed by atoms with Crippen molar-refractivity contribution < 1.29 is 66.5 Å². The molecular formula is C46H47NO14. The molecule has 15 heteroatoms. The van der Waals surface area contributed by atoms with Gasteiger partial charge in [0.25, 0.3) is 11.8 Å². The van der Waals surface area contributed by atoms with Crippen LogP contribution in [0.15, 0.2) is 115 Å². The number of carbonyl (C=O) groups is 4. The minimum absolute atomic E-state index is 0.0152. The van der Waals surface area contributed by atoms with E-state index in [1.54, 1.807) is 24.3 Å². The Bertz CT molecular complexity index is 2100. The second kappa shape index (κ2) is 19.1. The molecule has 4 aromatic carbocycles. The van der Waals surface area contributed by atoms with Crippen LogP contribution in [-0.4, -0.2) is 110 Å². The first-order chi connectivity index (χ1) is 29.7. The Morgan fingerprint density at radius 3 is 1.84 bits per heavy atom. The van der Waals surface area contributed by atoms with Gasteiger partial charge in [0, 0.05) is 26.5 Å². The van der Waals surface area contributed by atoms with E-state index in [9.17, 15) is 19.2 Å². The highest BCUT2D eigenvalue weighted by atomic mass is 16.8. The van der Waals surface area contributed by atoms with E-state index in [1.807, 2.05) is 91.0 Å². The number of rotatable bonds is 14. The highest BCUT2D eigenvalue weighted by Crippen LogP contribution is 2.40. The Morgan fingerprint density at radius 2 is 1.23 bits per heavy atom. The summed E-state index contributed by atoms with van der Waals surface area (Å²) in [5.41, 5.74) is 2.82. The number of benzene rings is 4. The number of esters is 2. The number of fused-ring (bicyclic) bond motifs is 2. The van der Waals surface area contributed by atoms with E-state index in [0.29, 0.717) is 5.56 Å². The van der Waals surface area contributed by atoms with Gasteiger partial charge in [0.1, 0.15) is 36.6 Å². The molecule has 4 aliphatic heterocycles. The first-order valence-corrected chi connectivity index (χ1v) is 20.1. The summed E-state index contributed by atoms with van der Waals surface area (Å²) in [5, 5.41) is 0. The molecule has 0 saturated carbocycles. The number of nitrogens with zero attached hydrogens (tertiary/aromatic N) is 1. The molecule has 3 saturated heterocycles. The van der Waals surface area contributed by atoms with Gasteiger partial charge in [0.05, 0.1) is 37.6 Å². The van der Waals surface area contributed by atoms with E-state index in [0.717, 1.165) is 16.0 Å². The summed E-state index contributed by atoms with van der Waals surface area (Å²) >= 11 is 0. The molecule has 0 unspecified atom stereocenters.